The number of imide groups is 1. The number of fused-ring (bicyclic) bond motifs is 1. The van der Waals surface area contributed by atoms with Crippen LogP contribution in [0.5, 0.6) is 0 Å². The molecule has 0 fully saturated rings. The molecule has 0 aliphatic carbocycles. The van der Waals surface area contributed by atoms with E-state index in [1.807, 2.05) is 0 Å². The quantitative estimate of drug-likeness (QED) is 0.685. The molecule has 0 aromatic heterocycles. The van der Waals surface area contributed by atoms with E-state index < -0.39 is 27.7 Å². The van der Waals surface area contributed by atoms with E-state index in [1.165, 1.54) is 54.6 Å². The number of hydrogen-bond donors (Lipinski definition) is 1. The number of para-hydroxylation sites is 1. The molecule has 0 spiro atoms. The Labute approximate surface area is 160 Å². The summed E-state index contributed by atoms with van der Waals surface area (Å²) in [5.74, 6) is -1.78. The highest BCUT2D eigenvalue weighted by atomic mass is 32.2. The van der Waals surface area contributed by atoms with Crippen molar-refractivity contribution in [1.29, 1.82) is 0 Å². The third kappa shape index (κ3) is 2.93. The van der Waals surface area contributed by atoms with Crippen LogP contribution in [-0.2, 0) is 10.0 Å². The van der Waals surface area contributed by atoms with Crippen molar-refractivity contribution in [3.8, 4) is 0 Å². The first-order valence-corrected chi connectivity index (χ1v) is 9.72. The second kappa shape index (κ2) is 6.58. The van der Waals surface area contributed by atoms with Gasteiger partial charge < -0.3 is 0 Å². The fourth-order valence-corrected chi connectivity index (χ4v) is 4.07. The zero-order valence-corrected chi connectivity index (χ0v) is 15.1. The summed E-state index contributed by atoms with van der Waals surface area (Å²) in [6.07, 6.45) is 0. The van der Waals surface area contributed by atoms with Crippen LogP contribution in [0.25, 0.3) is 0 Å². The molecule has 2 amide bonds. The van der Waals surface area contributed by atoms with Gasteiger partial charge in [-0.05, 0) is 42.5 Å². The molecule has 1 aliphatic rings. The first-order chi connectivity index (χ1) is 13.4. The molecule has 1 aliphatic heterocycles. The lowest BCUT2D eigenvalue weighted by atomic mass is 10.1. The molecule has 0 saturated carbocycles. The molecule has 140 valence electrons. The molecule has 3 aromatic rings. The largest absolute Gasteiger partial charge is 0.277 e. The van der Waals surface area contributed by atoms with Gasteiger partial charge >= 0.3 is 0 Å². The number of rotatable bonds is 4. The van der Waals surface area contributed by atoms with Crippen LogP contribution in [0.2, 0.25) is 0 Å². The van der Waals surface area contributed by atoms with Crippen molar-refractivity contribution in [2.24, 2.45) is 0 Å². The van der Waals surface area contributed by atoms with Gasteiger partial charge in [0.15, 0.2) is 0 Å². The molecule has 0 saturated heterocycles. The molecule has 0 bridgehead atoms. The predicted octanol–water partition coefficient (Wildman–Crippen LogP) is 3.43. The number of sulfonamides is 1. The van der Waals surface area contributed by atoms with Crippen LogP contribution >= 0.6 is 0 Å². The molecule has 0 unspecified atom stereocenters. The summed E-state index contributed by atoms with van der Waals surface area (Å²) in [7, 11) is -4.13. The topological polar surface area (TPSA) is 83.6 Å². The van der Waals surface area contributed by atoms with Crippen molar-refractivity contribution in [2.75, 3.05) is 9.62 Å². The monoisotopic (exact) mass is 396 g/mol. The van der Waals surface area contributed by atoms with Crippen molar-refractivity contribution in [2.45, 2.75) is 4.90 Å². The van der Waals surface area contributed by atoms with Gasteiger partial charge in [0.1, 0.15) is 5.82 Å². The van der Waals surface area contributed by atoms with Crippen LogP contribution in [-0.4, -0.2) is 20.2 Å². The Hall–Kier alpha value is -3.52. The van der Waals surface area contributed by atoms with E-state index >= 15 is 0 Å². The van der Waals surface area contributed by atoms with Crippen LogP contribution in [0.4, 0.5) is 15.8 Å². The average Bonchev–Trinajstić information content (AvgIpc) is 2.95. The molecule has 4 rings (SSSR count). The Balaban J connectivity index is 1.70. The highest BCUT2D eigenvalue weighted by Crippen LogP contribution is 2.30. The van der Waals surface area contributed by atoms with Gasteiger partial charge in [0.25, 0.3) is 21.8 Å². The second-order valence-electron chi connectivity index (χ2n) is 6.07. The second-order valence-corrected chi connectivity index (χ2v) is 7.76. The molecular formula is C20H13FN2O4S. The Bertz CT molecular complexity index is 1190. The first kappa shape index (κ1) is 17.9. The summed E-state index contributed by atoms with van der Waals surface area (Å²) >= 11 is 0. The van der Waals surface area contributed by atoms with E-state index in [4.69, 9.17) is 0 Å². The SMILES string of the molecule is O=C1c2ccccc2C(=O)N1c1cccc(S(=O)(=O)Nc2ccccc2F)c1. The minimum absolute atomic E-state index is 0.114. The van der Waals surface area contributed by atoms with Crippen molar-refractivity contribution >= 4 is 33.2 Å². The molecule has 28 heavy (non-hydrogen) atoms. The normalized spacial score (nSPS) is 13.5. The highest BCUT2D eigenvalue weighted by molar-refractivity contribution is 7.92. The van der Waals surface area contributed by atoms with E-state index in [0.29, 0.717) is 0 Å². The van der Waals surface area contributed by atoms with Gasteiger partial charge in [-0.1, -0.05) is 30.3 Å². The molecule has 8 heteroatoms. The number of carbonyl (C=O) groups is 2. The molecule has 1 N–H and O–H groups in total. The van der Waals surface area contributed by atoms with Gasteiger partial charge in [-0.25, -0.2) is 17.7 Å². The van der Waals surface area contributed by atoms with Crippen LogP contribution in [0.3, 0.4) is 0 Å². The maximum Gasteiger partial charge on any atom is 0.266 e. The minimum atomic E-state index is -4.13. The number of benzene rings is 3. The number of hydrogen-bond acceptors (Lipinski definition) is 4. The number of anilines is 2. The molecule has 3 aromatic carbocycles. The van der Waals surface area contributed by atoms with Gasteiger partial charge in [-0.15, -0.1) is 0 Å². The number of amides is 2. The smallest absolute Gasteiger partial charge is 0.266 e. The van der Waals surface area contributed by atoms with Crippen molar-refractivity contribution in [3.63, 3.8) is 0 Å². The Morgan fingerprint density at radius 1 is 0.786 bits per heavy atom. The molecule has 6 nitrogen and oxygen atoms in total. The van der Waals surface area contributed by atoms with Crippen molar-refractivity contribution in [3.05, 3.63) is 89.7 Å². The van der Waals surface area contributed by atoms with Gasteiger partial charge in [0.05, 0.1) is 27.4 Å². The lowest BCUT2D eigenvalue weighted by molar-refractivity contribution is 0.0926. The fourth-order valence-electron chi connectivity index (χ4n) is 2.96. The van der Waals surface area contributed by atoms with E-state index in [2.05, 4.69) is 4.72 Å². The molecular weight excluding hydrogens is 383 g/mol. The zero-order valence-electron chi connectivity index (χ0n) is 14.3. The van der Waals surface area contributed by atoms with Crippen LogP contribution in [0, 0.1) is 5.82 Å². The van der Waals surface area contributed by atoms with Gasteiger partial charge in [-0.3, -0.25) is 14.3 Å². The average molecular weight is 396 g/mol. The summed E-state index contributed by atoms with van der Waals surface area (Å²) in [5, 5.41) is 0. The van der Waals surface area contributed by atoms with E-state index in [1.54, 1.807) is 12.1 Å². The van der Waals surface area contributed by atoms with Crippen molar-refractivity contribution in [1.82, 2.24) is 0 Å². The molecule has 0 radical (unpaired) electrons. The van der Waals surface area contributed by atoms with E-state index in [0.717, 1.165) is 11.0 Å². The zero-order chi connectivity index (χ0) is 19.9. The summed E-state index contributed by atoms with van der Waals surface area (Å²) in [5.41, 5.74) is 0.423. The van der Waals surface area contributed by atoms with E-state index in [9.17, 15) is 22.4 Å². The van der Waals surface area contributed by atoms with Gasteiger partial charge in [0.2, 0.25) is 0 Å². The first-order valence-electron chi connectivity index (χ1n) is 8.24. The predicted molar refractivity (Wildman–Crippen MR) is 101 cm³/mol. The summed E-state index contributed by atoms with van der Waals surface area (Å²) < 4.78 is 41.2. The Morgan fingerprint density at radius 3 is 2.04 bits per heavy atom. The molecule has 1 heterocycles. The van der Waals surface area contributed by atoms with Crippen molar-refractivity contribution < 1.29 is 22.4 Å². The van der Waals surface area contributed by atoms with Crippen LogP contribution in [0.15, 0.2) is 77.7 Å². The van der Waals surface area contributed by atoms with E-state index in [-0.39, 0.29) is 27.4 Å². The number of nitrogens with one attached hydrogen (secondary N) is 1. The number of nitrogens with zero attached hydrogens (tertiary/aromatic N) is 1. The third-order valence-electron chi connectivity index (χ3n) is 4.30. The minimum Gasteiger partial charge on any atom is -0.277 e. The summed E-state index contributed by atoms with van der Waals surface area (Å²) in [4.78, 5) is 25.9. The lowest BCUT2D eigenvalue weighted by Gasteiger charge is -2.15. The van der Waals surface area contributed by atoms with Crippen LogP contribution in [0.1, 0.15) is 20.7 Å². The highest BCUT2D eigenvalue weighted by Gasteiger charge is 2.36. The standard InChI is InChI=1S/C20H13FN2O4S/c21-17-10-3-4-11-18(17)22-28(26,27)14-7-5-6-13(12-14)23-19(24)15-8-1-2-9-16(15)20(23)25/h1-12,22H. The summed E-state index contributed by atoms with van der Waals surface area (Å²) in [6, 6.07) is 17.1. The Morgan fingerprint density at radius 2 is 1.39 bits per heavy atom. The molecule has 0 atom stereocenters. The number of halogens is 1. The maximum absolute atomic E-state index is 13.8. The van der Waals surface area contributed by atoms with Crippen LogP contribution < -0.4 is 9.62 Å². The maximum atomic E-state index is 13.8. The fraction of sp³-hybridized carbons (Fsp3) is 0. The van der Waals surface area contributed by atoms with Gasteiger partial charge in [0, 0.05) is 0 Å². The number of carbonyl (C=O) groups excluding carboxylic acids is 2. The van der Waals surface area contributed by atoms with Gasteiger partial charge in [-0.2, -0.15) is 0 Å². The third-order valence-corrected chi connectivity index (χ3v) is 5.66. The summed E-state index contributed by atoms with van der Waals surface area (Å²) in [6.45, 7) is 0. The Kier molecular flexibility index (Phi) is 4.20. The lowest BCUT2D eigenvalue weighted by Crippen LogP contribution is -2.29.